The Bertz CT molecular complexity index is 1010. The maximum atomic E-state index is 13.7. The van der Waals surface area contributed by atoms with Gasteiger partial charge in [0, 0.05) is 31.3 Å². The van der Waals surface area contributed by atoms with Crippen molar-refractivity contribution in [3.05, 3.63) is 52.7 Å². The van der Waals surface area contributed by atoms with E-state index in [9.17, 15) is 23.0 Å². The van der Waals surface area contributed by atoms with Crippen LogP contribution in [0.4, 0.5) is 19.0 Å². The van der Waals surface area contributed by atoms with Gasteiger partial charge in [-0.25, -0.2) is 4.98 Å². The lowest BCUT2D eigenvalue weighted by Gasteiger charge is -2.28. The number of aromatic nitrogens is 1. The molecule has 10 heteroatoms. The lowest BCUT2D eigenvalue weighted by Crippen LogP contribution is -2.37. The van der Waals surface area contributed by atoms with Crippen molar-refractivity contribution in [2.45, 2.75) is 32.0 Å². The normalized spacial score (nSPS) is 18.3. The second-order valence-corrected chi connectivity index (χ2v) is 8.19. The third-order valence-corrected chi connectivity index (χ3v) is 5.63. The maximum absolute atomic E-state index is 13.7. The van der Waals surface area contributed by atoms with Gasteiger partial charge in [-0.3, -0.25) is 4.79 Å². The summed E-state index contributed by atoms with van der Waals surface area (Å²) in [5, 5.41) is 10.1. The molecule has 0 atom stereocenters. The van der Waals surface area contributed by atoms with Crippen LogP contribution >= 0.6 is 0 Å². The second kappa shape index (κ2) is 7.92. The van der Waals surface area contributed by atoms with Gasteiger partial charge in [-0.15, -0.1) is 0 Å². The van der Waals surface area contributed by atoms with E-state index >= 15 is 0 Å². The fourth-order valence-electron chi connectivity index (χ4n) is 4.03. The molecule has 3 heterocycles. The molecule has 1 aromatic heterocycles. The average molecular weight is 434 g/mol. The van der Waals surface area contributed by atoms with Crippen LogP contribution in [-0.2, 0) is 27.6 Å². The van der Waals surface area contributed by atoms with Gasteiger partial charge in [-0.1, -0.05) is 18.2 Å². The van der Waals surface area contributed by atoms with E-state index in [-0.39, 0.29) is 12.2 Å². The molecule has 0 radical (unpaired) electrons. The Labute approximate surface area is 178 Å². The predicted molar refractivity (Wildman–Crippen MR) is 108 cm³/mol. The van der Waals surface area contributed by atoms with Gasteiger partial charge < -0.3 is 19.3 Å². The number of hydrogen-bond acceptors (Lipinski definition) is 6. The molecule has 2 aromatic rings. The van der Waals surface area contributed by atoms with Gasteiger partial charge in [0.05, 0.1) is 24.4 Å². The highest BCUT2D eigenvalue weighted by molar-refractivity contribution is 6.62. The zero-order valence-electron chi connectivity index (χ0n) is 17.2. The van der Waals surface area contributed by atoms with Crippen LogP contribution in [0.1, 0.15) is 40.9 Å². The van der Waals surface area contributed by atoms with Crippen LogP contribution in [0.15, 0.2) is 30.5 Å². The molecule has 164 valence electrons. The van der Waals surface area contributed by atoms with E-state index in [1.54, 1.807) is 23.1 Å². The summed E-state index contributed by atoms with van der Waals surface area (Å²) in [4.78, 5) is 18.6. The lowest BCUT2D eigenvalue weighted by molar-refractivity contribution is -0.137. The van der Waals surface area contributed by atoms with Crippen LogP contribution in [-0.4, -0.2) is 49.2 Å². The molecule has 0 unspecified atom stereocenters. The van der Waals surface area contributed by atoms with Gasteiger partial charge in [0.15, 0.2) is 5.78 Å². The molecule has 31 heavy (non-hydrogen) atoms. The fourth-order valence-corrected chi connectivity index (χ4v) is 4.03. The van der Waals surface area contributed by atoms with E-state index in [0.29, 0.717) is 37.3 Å². The molecule has 1 N–H and O–H groups in total. The van der Waals surface area contributed by atoms with Crippen molar-refractivity contribution in [3.8, 4) is 0 Å². The number of ether oxygens (including phenoxy) is 1. The monoisotopic (exact) mass is 434 g/mol. The standard InChI is InChI=1S/C21H22BF3N2O4/c1-20(2)15-4-3-13(9-17(15)22(29)31-20)10-18(28)14-12-26-19(11-16(14)21(23,24)25)27-5-7-30-8-6-27/h3-4,9,11-12,29H,5-8,10H2,1-2H3. The highest BCUT2D eigenvalue weighted by Gasteiger charge is 2.41. The largest absolute Gasteiger partial charge is 0.492 e. The summed E-state index contributed by atoms with van der Waals surface area (Å²) in [6.07, 6.45) is -3.94. The summed E-state index contributed by atoms with van der Waals surface area (Å²) in [6, 6.07) is 5.94. The summed E-state index contributed by atoms with van der Waals surface area (Å²) < 4.78 is 51.9. The number of ketones is 1. The number of rotatable bonds is 4. The van der Waals surface area contributed by atoms with Crippen molar-refractivity contribution in [2.24, 2.45) is 0 Å². The summed E-state index contributed by atoms with van der Waals surface area (Å²) in [5.74, 6) is -0.520. The second-order valence-electron chi connectivity index (χ2n) is 8.19. The summed E-state index contributed by atoms with van der Waals surface area (Å²) in [5.41, 5.74) is -0.355. The number of alkyl halides is 3. The van der Waals surface area contributed by atoms with Crippen LogP contribution in [0.3, 0.4) is 0 Å². The number of halogens is 3. The van der Waals surface area contributed by atoms with Gasteiger partial charge in [0.25, 0.3) is 0 Å². The fraction of sp³-hybridized carbons (Fsp3) is 0.429. The molecule has 6 nitrogen and oxygen atoms in total. The van der Waals surface area contributed by atoms with Crippen molar-refractivity contribution >= 4 is 24.2 Å². The Kier molecular flexibility index (Phi) is 5.57. The molecule has 0 saturated carbocycles. The number of carbonyl (C=O) groups excluding carboxylic acids is 1. The Balaban J connectivity index is 1.62. The molecule has 2 aliphatic heterocycles. The number of morpholine rings is 1. The topological polar surface area (TPSA) is 71.9 Å². The molecule has 0 amide bonds. The molecule has 0 spiro atoms. The number of hydrogen-bond donors (Lipinski definition) is 1. The Morgan fingerprint density at radius 2 is 1.97 bits per heavy atom. The number of pyridine rings is 1. The van der Waals surface area contributed by atoms with Crippen LogP contribution in [0.2, 0.25) is 0 Å². The Morgan fingerprint density at radius 3 is 2.65 bits per heavy atom. The zero-order chi connectivity index (χ0) is 22.4. The minimum absolute atomic E-state index is 0.173. The number of benzene rings is 1. The third-order valence-electron chi connectivity index (χ3n) is 5.63. The first-order valence-corrected chi connectivity index (χ1v) is 9.98. The molecule has 0 bridgehead atoms. The molecular weight excluding hydrogens is 412 g/mol. The van der Waals surface area contributed by atoms with E-state index in [0.717, 1.165) is 17.8 Å². The van der Waals surface area contributed by atoms with Gasteiger partial charge in [-0.2, -0.15) is 13.2 Å². The molecule has 1 aromatic carbocycles. The minimum Gasteiger partial charge on any atom is -0.423 e. The van der Waals surface area contributed by atoms with E-state index in [1.165, 1.54) is 0 Å². The SMILES string of the molecule is CC1(C)OB(O)c2cc(CC(=O)c3cnc(N4CCOCC4)cc3C(F)(F)F)ccc21. The number of fused-ring (bicyclic) bond motifs is 1. The smallest absolute Gasteiger partial charge is 0.423 e. The van der Waals surface area contributed by atoms with Crippen molar-refractivity contribution < 1.29 is 32.4 Å². The maximum Gasteiger partial charge on any atom is 0.492 e. The molecule has 0 aliphatic carbocycles. The van der Waals surface area contributed by atoms with Crippen molar-refractivity contribution in [2.75, 3.05) is 31.2 Å². The molecule has 1 fully saturated rings. The van der Waals surface area contributed by atoms with Crippen LogP contribution in [0.25, 0.3) is 0 Å². The van der Waals surface area contributed by atoms with Crippen molar-refractivity contribution in [3.63, 3.8) is 0 Å². The van der Waals surface area contributed by atoms with Crippen molar-refractivity contribution in [1.29, 1.82) is 0 Å². The highest BCUT2D eigenvalue weighted by atomic mass is 19.4. The van der Waals surface area contributed by atoms with E-state index < -0.39 is 35.8 Å². The number of anilines is 1. The first kappa shape index (κ1) is 21.8. The first-order valence-electron chi connectivity index (χ1n) is 9.98. The van der Waals surface area contributed by atoms with E-state index in [2.05, 4.69) is 4.98 Å². The average Bonchev–Trinajstić information content (AvgIpc) is 2.95. The van der Waals surface area contributed by atoms with Gasteiger partial charge >= 0.3 is 13.3 Å². The number of Topliss-reactive ketones (excluding diaryl/α,β-unsaturated/α-hetero) is 1. The lowest BCUT2D eigenvalue weighted by atomic mass is 9.77. The quantitative estimate of drug-likeness (QED) is 0.589. The van der Waals surface area contributed by atoms with E-state index in [1.807, 2.05) is 13.8 Å². The summed E-state index contributed by atoms with van der Waals surface area (Å²) in [6.45, 7) is 5.32. The Morgan fingerprint density at radius 1 is 1.26 bits per heavy atom. The van der Waals surface area contributed by atoms with Gasteiger partial charge in [-0.05, 0) is 36.5 Å². The molecule has 2 aliphatic rings. The molecule has 4 rings (SSSR count). The van der Waals surface area contributed by atoms with E-state index in [4.69, 9.17) is 9.39 Å². The van der Waals surface area contributed by atoms with Crippen LogP contribution < -0.4 is 10.4 Å². The minimum atomic E-state index is -4.69. The van der Waals surface area contributed by atoms with Gasteiger partial charge in [0.2, 0.25) is 0 Å². The van der Waals surface area contributed by atoms with Crippen LogP contribution in [0.5, 0.6) is 0 Å². The predicted octanol–water partition coefficient (Wildman–Crippen LogP) is 2.32. The molecular formula is C21H22BF3N2O4. The number of carbonyl (C=O) groups is 1. The zero-order valence-corrected chi connectivity index (χ0v) is 17.2. The highest BCUT2D eigenvalue weighted by Crippen LogP contribution is 2.35. The van der Waals surface area contributed by atoms with Crippen molar-refractivity contribution in [1.82, 2.24) is 4.98 Å². The summed E-state index contributed by atoms with van der Waals surface area (Å²) >= 11 is 0. The number of nitrogens with zero attached hydrogens (tertiary/aromatic N) is 2. The molecule has 1 saturated heterocycles. The van der Waals surface area contributed by atoms with Crippen LogP contribution in [0, 0.1) is 0 Å². The third kappa shape index (κ3) is 4.33. The van der Waals surface area contributed by atoms with Gasteiger partial charge in [0.1, 0.15) is 5.82 Å². The Hall–Kier alpha value is -2.43. The summed E-state index contributed by atoms with van der Waals surface area (Å²) in [7, 11) is -1.14. The first-order chi connectivity index (χ1) is 14.6.